The lowest BCUT2D eigenvalue weighted by Gasteiger charge is -2.12. The molecule has 0 aliphatic carbocycles. The Kier molecular flexibility index (Phi) is 6.43. The Morgan fingerprint density at radius 2 is 1.91 bits per heavy atom. The lowest BCUT2D eigenvalue weighted by molar-refractivity contribution is 0.0952. The topological polar surface area (TPSA) is 134 Å². The third kappa shape index (κ3) is 4.54. The second-order valence-electron chi connectivity index (χ2n) is 7.69. The van der Waals surface area contributed by atoms with E-state index < -0.39 is 32.3 Å². The van der Waals surface area contributed by atoms with E-state index in [4.69, 9.17) is 4.74 Å². The molecule has 0 spiro atoms. The summed E-state index contributed by atoms with van der Waals surface area (Å²) >= 11 is 0. The number of nitrogens with one attached hydrogen (secondary N) is 1. The molecule has 0 saturated heterocycles. The molecular formula is C22H22FN5O6S. The maximum atomic E-state index is 13.3. The van der Waals surface area contributed by atoms with Crippen molar-refractivity contribution in [2.24, 2.45) is 0 Å². The predicted molar refractivity (Wildman–Crippen MR) is 125 cm³/mol. The van der Waals surface area contributed by atoms with Crippen LogP contribution in [-0.4, -0.2) is 46.5 Å². The molecule has 13 heteroatoms. The summed E-state index contributed by atoms with van der Waals surface area (Å²) in [7, 11) is -3.46. The quantitative estimate of drug-likeness (QED) is 0.359. The average Bonchev–Trinajstić information content (AvgIpc) is 3.21. The fourth-order valence-electron chi connectivity index (χ4n) is 3.77. The Morgan fingerprint density at radius 3 is 2.60 bits per heavy atom. The molecule has 0 unspecified atom stereocenters. The fraction of sp³-hybridized carbons (Fsp3) is 0.273. The van der Waals surface area contributed by atoms with Crippen LogP contribution in [0.1, 0.15) is 23.7 Å². The second kappa shape index (κ2) is 9.33. The summed E-state index contributed by atoms with van der Waals surface area (Å²) in [6.07, 6.45) is 2.18. The van der Waals surface area contributed by atoms with Gasteiger partial charge in [0.25, 0.3) is 11.5 Å². The van der Waals surface area contributed by atoms with Crippen molar-refractivity contribution in [3.63, 3.8) is 0 Å². The van der Waals surface area contributed by atoms with Crippen LogP contribution in [-0.2, 0) is 23.3 Å². The molecule has 11 nitrogen and oxygen atoms in total. The normalized spacial score (nSPS) is 11.7. The lowest BCUT2D eigenvalue weighted by Crippen LogP contribution is -2.42. The molecule has 0 radical (unpaired) electrons. The van der Waals surface area contributed by atoms with Crippen molar-refractivity contribution in [1.82, 2.24) is 23.8 Å². The Hall–Kier alpha value is -4.00. The number of fused-ring (bicyclic) bond motifs is 3. The van der Waals surface area contributed by atoms with E-state index in [0.29, 0.717) is 17.8 Å². The van der Waals surface area contributed by atoms with Crippen molar-refractivity contribution < 1.29 is 21.8 Å². The van der Waals surface area contributed by atoms with E-state index in [0.717, 1.165) is 16.7 Å². The zero-order valence-corrected chi connectivity index (χ0v) is 19.7. The first-order valence-electron chi connectivity index (χ1n) is 10.7. The van der Waals surface area contributed by atoms with Gasteiger partial charge < -0.3 is 10.1 Å². The van der Waals surface area contributed by atoms with E-state index in [-0.39, 0.29) is 36.4 Å². The largest absolute Gasteiger partial charge is 0.497 e. The van der Waals surface area contributed by atoms with Crippen molar-refractivity contribution in [2.75, 3.05) is 13.7 Å². The minimum atomic E-state index is -4.96. The Labute approximate surface area is 198 Å². The highest BCUT2D eigenvalue weighted by Crippen LogP contribution is 2.18. The number of pyridine rings is 1. The first-order chi connectivity index (χ1) is 16.7. The van der Waals surface area contributed by atoms with Gasteiger partial charge in [-0.1, -0.05) is 13.0 Å². The summed E-state index contributed by atoms with van der Waals surface area (Å²) in [5, 5.41) is 2.58. The number of carbonyl (C=O) groups excluding carboxylic acids is 1. The van der Waals surface area contributed by atoms with Gasteiger partial charge in [-0.05, 0) is 30.7 Å². The van der Waals surface area contributed by atoms with Gasteiger partial charge in [-0.15, -0.1) is 3.89 Å². The van der Waals surface area contributed by atoms with Gasteiger partial charge in [0.15, 0.2) is 11.2 Å². The molecule has 0 aliphatic heterocycles. The number of amides is 1. The summed E-state index contributed by atoms with van der Waals surface area (Å²) in [6.45, 7) is 1.98. The van der Waals surface area contributed by atoms with E-state index in [1.807, 2.05) is 6.92 Å². The highest BCUT2D eigenvalue weighted by atomic mass is 32.3. The smallest absolute Gasteiger partial charge is 0.332 e. The molecule has 4 aromatic rings. The number of nitrogens with zero attached hydrogens (tertiary/aromatic N) is 4. The van der Waals surface area contributed by atoms with Gasteiger partial charge >= 0.3 is 15.9 Å². The second-order valence-corrected chi connectivity index (χ2v) is 9.04. The summed E-state index contributed by atoms with van der Waals surface area (Å²) in [4.78, 5) is 42.6. The first-order valence-corrected chi connectivity index (χ1v) is 12.1. The number of methoxy groups -OCH3 is 1. The molecule has 0 atom stereocenters. The molecule has 0 fully saturated rings. The van der Waals surface area contributed by atoms with Crippen LogP contribution < -0.4 is 21.3 Å². The van der Waals surface area contributed by atoms with Gasteiger partial charge in [-0.2, -0.15) is 8.42 Å². The lowest BCUT2D eigenvalue weighted by atomic mass is 10.2. The molecule has 0 saturated carbocycles. The Balaban J connectivity index is 1.70. The van der Waals surface area contributed by atoms with Gasteiger partial charge in [-0.25, -0.2) is 9.78 Å². The van der Waals surface area contributed by atoms with Gasteiger partial charge in [0.2, 0.25) is 0 Å². The van der Waals surface area contributed by atoms with Crippen LogP contribution in [0, 0.1) is 0 Å². The molecule has 1 amide bonds. The van der Waals surface area contributed by atoms with Crippen LogP contribution >= 0.6 is 0 Å². The van der Waals surface area contributed by atoms with Crippen molar-refractivity contribution >= 4 is 32.9 Å². The molecular weight excluding hydrogens is 481 g/mol. The molecule has 3 aromatic heterocycles. The maximum Gasteiger partial charge on any atom is 0.332 e. The minimum Gasteiger partial charge on any atom is -0.497 e. The van der Waals surface area contributed by atoms with Crippen molar-refractivity contribution in [3.05, 3.63) is 69.0 Å². The number of carbonyl (C=O) groups is 1. The van der Waals surface area contributed by atoms with Crippen molar-refractivity contribution in [3.8, 4) is 5.75 Å². The Bertz CT molecular complexity index is 1670. The standard InChI is InChI=1S/C22H22FN5O6S/c1-3-9-28-21(30)18-19(25-17-13-15(34-2)7-10-26(17)18)27(22(28)31)11-8-24-20(29)14-5-4-6-16(12-14)35(23,32)33/h4-7,10,12-13H,3,8-9,11H2,1-2H3,(H,24,29). The molecule has 184 valence electrons. The van der Waals surface area contributed by atoms with E-state index >= 15 is 0 Å². The minimum absolute atomic E-state index is 0.0206. The third-order valence-electron chi connectivity index (χ3n) is 5.43. The molecule has 0 aliphatic rings. The van der Waals surface area contributed by atoms with Gasteiger partial charge in [-0.3, -0.25) is 23.1 Å². The molecule has 1 aromatic carbocycles. The molecule has 4 rings (SSSR count). The van der Waals surface area contributed by atoms with Gasteiger partial charge in [0.05, 0.1) is 12.0 Å². The first kappa shape index (κ1) is 24.1. The fourth-order valence-corrected chi connectivity index (χ4v) is 4.28. The molecule has 0 bridgehead atoms. The van der Waals surface area contributed by atoms with Crippen LogP contribution in [0.25, 0.3) is 16.8 Å². The number of hydrogen-bond donors (Lipinski definition) is 1. The van der Waals surface area contributed by atoms with Crippen molar-refractivity contribution in [2.45, 2.75) is 31.3 Å². The monoisotopic (exact) mass is 503 g/mol. The van der Waals surface area contributed by atoms with E-state index in [1.165, 1.54) is 23.8 Å². The molecule has 3 heterocycles. The molecule has 1 N–H and O–H groups in total. The van der Waals surface area contributed by atoms with Crippen LogP contribution in [0.3, 0.4) is 0 Å². The summed E-state index contributed by atoms with van der Waals surface area (Å²) in [5.74, 6) is -0.123. The predicted octanol–water partition coefficient (Wildman–Crippen LogP) is 1.32. The van der Waals surface area contributed by atoms with Crippen LogP contribution in [0.4, 0.5) is 3.89 Å². The zero-order valence-electron chi connectivity index (χ0n) is 18.9. The third-order valence-corrected chi connectivity index (χ3v) is 6.24. The summed E-state index contributed by atoms with van der Waals surface area (Å²) < 4.78 is 44.7. The number of hydrogen-bond acceptors (Lipinski definition) is 7. The average molecular weight is 504 g/mol. The van der Waals surface area contributed by atoms with E-state index in [1.54, 1.807) is 22.7 Å². The number of rotatable bonds is 8. The van der Waals surface area contributed by atoms with Gasteiger partial charge in [0.1, 0.15) is 11.4 Å². The number of ether oxygens (including phenoxy) is 1. The highest BCUT2D eigenvalue weighted by molar-refractivity contribution is 7.86. The Morgan fingerprint density at radius 1 is 1.14 bits per heavy atom. The number of halogens is 1. The number of benzene rings is 1. The maximum absolute atomic E-state index is 13.3. The highest BCUT2D eigenvalue weighted by Gasteiger charge is 2.19. The van der Waals surface area contributed by atoms with Crippen molar-refractivity contribution in [1.29, 1.82) is 0 Å². The van der Waals surface area contributed by atoms with Crippen LogP contribution in [0.2, 0.25) is 0 Å². The van der Waals surface area contributed by atoms with E-state index in [9.17, 15) is 26.7 Å². The summed E-state index contributed by atoms with van der Waals surface area (Å²) in [6, 6.07) is 7.85. The number of imidazole rings is 1. The number of aromatic nitrogens is 4. The SMILES string of the molecule is CCCn1c(=O)c2c(nc3cc(OC)ccn32)n(CCNC(=O)c2cccc(S(=O)(=O)F)c2)c1=O. The van der Waals surface area contributed by atoms with E-state index in [2.05, 4.69) is 10.3 Å². The summed E-state index contributed by atoms with van der Waals surface area (Å²) in [5.41, 5.74) is -0.332. The zero-order chi connectivity index (χ0) is 25.3. The van der Waals surface area contributed by atoms with Gasteiger partial charge in [0, 0.05) is 37.5 Å². The van der Waals surface area contributed by atoms with Crippen LogP contribution in [0.15, 0.2) is 57.1 Å². The molecule has 35 heavy (non-hydrogen) atoms. The van der Waals surface area contributed by atoms with Crippen LogP contribution in [0.5, 0.6) is 5.75 Å².